The highest BCUT2D eigenvalue weighted by molar-refractivity contribution is 7.89. The molecule has 0 spiro atoms. The van der Waals surface area contributed by atoms with Gasteiger partial charge in [0.2, 0.25) is 10.0 Å². The van der Waals surface area contributed by atoms with E-state index >= 15 is 0 Å². The summed E-state index contributed by atoms with van der Waals surface area (Å²) >= 11 is 0. The van der Waals surface area contributed by atoms with Gasteiger partial charge in [-0.05, 0) is 37.5 Å². The van der Waals surface area contributed by atoms with E-state index < -0.39 is 15.8 Å². The van der Waals surface area contributed by atoms with Crippen LogP contribution in [-0.4, -0.2) is 27.7 Å². The minimum atomic E-state index is -3.78. The van der Waals surface area contributed by atoms with Crippen molar-refractivity contribution in [1.29, 1.82) is 5.26 Å². The lowest BCUT2D eigenvalue weighted by Crippen LogP contribution is -2.40. The first-order chi connectivity index (χ1) is 9.47. The molecule has 1 aromatic carbocycles. The number of sulfonamides is 1. The Bertz CT molecular complexity index is 640. The number of nitrogens with one attached hydrogen (secondary N) is 1. The van der Waals surface area contributed by atoms with Gasteiger partial charge in [-0.2, -0.15) is 5.26 Å². The summed E-state index contributed by atoms with van der Waals surface area (Å²) in [5.74, 6) is -0.734. The van der Waals surface area contributed by atoms with E-state index in [4.69, 9.17) is 10.00 Å². The summed E-state index contributed by atoms with van der Waals surface area (Å²) in [6.07, 6.45) is 2.24. The van der Waals surface area contributed by atoms with Crippen molar-refractivity contribution in [2.24, 2.45) is 0 Å². The number of halogens is 1. The molecular formula is C13H15FN2O3S. The van der Waals surface area contributed by atoms with E-state index in [1.165, 1.54) is 0 Å². The smallest absolute Gasteiger partial charge is 0.240 e. The van der Waals surface area contributed by atoms with Crippen molar-refractivity contribution in [3.05, 3.63) is 29.6 Å². The van der Waals surface area contributed by atoms with Crippen molar-refractivity contribution in [1.82, 2.24) is 4.72 Å². The van der Waals surface area contributed by atoms with Crippen molar-refractivity contribution in [3.63, 3.8) is 0 Å². The summed E-state index contributed by atoms with van der Waals surface area (Å²) in [5, 5.41) is 8.75. The number of rotatable bonds is 4. The first-order valence-electron chi connectivity index (χ1n) is 6.22. The average Bonchev–Trinajstić information content (AvgIpc) is 2.85. The zero-order valence-electron chi connectivity index (χ0n) is 11.0. The monoisotopic (exact) mass is 298 g/mol. The fourth-order valence-electron chi connectivity index (χ4n) is 2.37. The lowest BCUT2D eigenvalue weighted by Gasteiger charge is -2.19. The van der Waals surface area contributed by atoms with Crippen molar-refractivity contribution in [2.45, 2.75) is 36.3 Å². The number of ether oxygens (including phenoxy) is 1. The molecule has 108 valence electrons. The van der Waals surface area contributed by atoms with Gasteiger partial charge < -0.3 is 4.74 Å². The molecule has 1 saturated carbocycles. The SMILES string of the molecule is COC1CCCC1NS(=O)(=O)c1ccc(F)c(C#N)c1. The van der Waals surface area contributed by atoms with Gasteiger partial charge in [0.25, 0.3) is 0 Å². The van der Waals surface area contributed by atoms with E-state index in [-0.39, 0.29) is 22.6 Å². The second-order valence-electron chi connectivity index (χ2n) is 4.69. The molecule has 20 heavy (non-hydrogen) atoms. The summed E-state index contributed by atoms with van der Waals surface area (Å²) in [5.41, 5.74) is -0.289. The molecule has 1 aromatic rings. The molecule has 0 amide bonds. The Balaban J connectivity index is 2.25. The third-order valence-electron chi connectivity index (χ3n) is 3.43. The van der Waals surface area contributed by atoms with Crippen LogP contribution in [0.4, 0.5) is 4.39 Å². The molecule has 1 fully saturated rings. The molecule has 5 nitrogen and oxygen atoms in total. The third-order valence-corrected chi connectivity index (χ3v) is 4.92. The molecule has 0 heterocycles. The van der Waals surface area contributed by atoms with E-state index in [0.717, 1.165) is 31.0 Å². The normalized spacial score (nSPS) is 22.6. The minimum absolute atomic E-state index is 0.114. The molecule has 0 radical (unpaired) electrons. The molecule has 2 unspecified atom stereocenters. The predicted octanol–water partition coefficient (Wildman–Crippen LogP) is 1.54. The van der Waals surface area contributed by atoms with Crippen LogP contribution < -0.4 is 4.72 Å². The number of nitriles is 1. The van der Waals surface area contributed by atoms with Crippen LogP contribution in [-0.2, 0) is 14.8 Å². The molecule has 0 aromatic heterocycles. The molecule has 0 aliphatic heterocycles. The third kappa shape index (κ3) is 2.98. The highest BCUT2D eigenvalue weighted by atomic mass is 32.2. The Kier molecular flexibility index (Phi) is 4.38. The number of hydrogen-bond donors (Lipinski definition) is 1. The summed E-state index contributed by atoms with van der Waals surface area (Å²) < 4.78 is 45.5. The predicted molar refractivity (Wildman–Crippen MR) is 69.9 cm³/mol. The summed E-state index contributed by atoms with van der Waals surface area (Å²) in [4.78, 5) is -0.114. The zero-order chi connectivity index (χ0) is 14.8. The standard InChI is InChI=1S/C13H15FN2O3S/c1-19-13-4-2-3-12(13)16-20(17,18)10-5-6-11(14)9(7-10)8-15/h5-7,12-13,16H,2-4H2,1H3. The Morgan fingerprint density at radius 2 is 2.20 bits per heavy atom. The highest BCUT2D eigenvalue weighted by Crippen LogP contribution is 2.24. The van der Waals surface area contributed by atoms with Gasteiger partial charge in [-0.15, -0.1) is 0 Å². The van der Waals surface area contributed by atoms with Crippen molar-refractivity contribution < 1.29 is 17.5 Å². The van der Waals surface area contributed by atoms with Crippen LogP contribution in [0.5, 0.6) is 0 Å². The van der Waals surface area contributed by atoms with Gasteiger partial charge in [-0.3, -0.25) is 0 Å². The molecule has 1 aliphatic carbocycles. The van der Waals surface area contributed by atoms with Crippen LogP contribution in [0.25, 0.3) is 0 Å². The van der Waals surface area contributed by atoms with Crippen LogP contribution in [0, 0.1) is 17.1 Å². The summed E-state index contributed by atoms with van der Waals surface area (Å²) in [6.45, 7) is 0. The van der Waals surface area contributed by atoms with E-state index in [9.17, 15) is 12.8 Å². The highest BCUT2D eigenvalue weighted by Gasteiger charge is 2.31. The number of benzene rings is 1. The van der Waals surface area contributed by atoms with Gasteiger partial charge in [-0.1, -0.05) is 0 Å². The number of hydrogen-bond acceptors (Lipinski definition) is 4. The van der Waals surface area contributed by atoms with Gasteiger partial charge in [0.05, 0.1) is 16.6 Å². The topological polar surface area (TPSA) is 79.2 Å². The molecular weight excluding hydrogens is 283 g/mol. The van der Waals surface area contributed by atoms with Gasteiger partial charge in [-0.25, -0.2) is 17.5 Å². The molecule has 1 aliphatic rings. The van der Waals surface area contributed by atoms with Gasteiger partial charge in [0, 0.05) is 13.2 Å². The van der Waals surface area contributed by atoms with Crippen LogP contribution in [0.2, 0.25) is 0 Å². The molecule has 7 heteroatoms. The van der Waals surface area contributed by atoms with Gasteiger partial charge >= 0.3 is 0 Å². The number of methoxy groups -OCH3 is 1. The zero-order valence-corrected chi connectivity index (χ0v) is 11.8. The lowest BCUT2D eigenvalue weighted by molar-refractivity contribution is 0.0916. The maximum absolute atomic E-state index is 13.2. The number of nitrogens with zero attached hydrogens (tertiary/aromatic N) is 1. The first kappa shape index (κ1) is 14.9. The van der Waals surface area contributed by atoms with Crippen LogP contribution in [0.15, 0.2) is 23.1 Å². The molecule has 1 N–H and O–H groups in total. The maximum atomic E-state index is 13.2. The van der Waals surface area contributed by atoms with Gasteiger partial charge in [0.1, 0.15) is 11.9 Å². The average molecular weight is 298 g/mol. The molecule has 0 saturated heterocycles. The Morgan fingerprint density at radius 1 is 1.45 bits per heavy atom. The fraction of sp³-hybridized carbons (Fsp3) is 0.462. The minimum Gasteiger partial charge on any atom is -0.380 e. The van der Waals surface area contributed by atoms with E-state index in [2.05, 4.69) is 4.72 Å². The van der Waals surface area contributed by atoms with E-state index in [0.29, 0.717) is 6.42 Å². The Hall–Kier alpha value is -1.49. The Labute approximate surface area is 117 Å². The van der Waals surface area contributed by atoms with Gasteiger partial charge in [0.15, 0.2) is 0 Å². The fourth-order valence-corrected chi connectivity index (χ4v) is 3.69. The first-order valence-corrected chi connectivity index (χ1v) is 7.71. The lowest BCUT2D eigenvalue weighted by atomic mass is 10.2. The second kappa shape index (κ2) is 5.87. The molecule has 0 bridgehead atoms. The summed E-state index contributed by atoms with van der Waals surface area (Å²) in [7, 11) is -2.24. The van der Waals surface area contributed by atoms with Crippen molar-refractivity contribution in [3.8, 4) is 6.07 Å². The van der Waals surface area contributed by atoms with Crippen LogP contribution in [0.1, 0.15) is 24.8 Å². The largest absolute Gasteiger partial charge is 0.380 e. The van der Waals surface area contributed by atoms with Crippen LogP contribution in [0.3, 0.4) is 0 Å². The maximum Gasteiger partial charge on any atom is 0.240 e. The van der Waals surface area contributed by atoms with Crippen molar-refractivity contribution >= 4 is 10.0 Å². The Morgan fingerprint density at radius 3 is 2.85 bits per heavy atom. The van der Waals surface area contributed by atoms with Crippen molar-refractivity contribution in [2.75, 3.05) is 7.11 Å². The van der Waals surface area contributed by atoms with E-state index in [1.807, 2.05) is 0 Å². The quantitative estimate of drug-likeness (QED) is 0.914. The molecule has 2 atom stereocenters. The second-order valence-corrected chi connectivity index (χ2v) is 6.40. The van der Waals surface area contributed by atoms with Crippen LogP contribution >= 0.6 is 0 Å². The summed E-state index contributed by atoms with van der Waals surface area (Å²) in [6, 6.07) is 4.50. The molecule has 2 rings (SSSR count). The van der Waals surface area contributed by atoms with E-state index in [1.54, 1.807) is 13.2 Å².